The van der Waals surface area contributed by atoms with E-state index in [2.05, 4.69) is 30.7 Å². The van der Waals surface area contributed by atoms with Crippen LogP contribution in [0.3, 0.4) is 0 Å². The number of ether oxygens (including phenoxy) is 2. The van der Waals surface area contributed by atoms with E-state index in [9.17, 15) is 0 Å². The van der Waals surface area contributed by atoms with Crippen LogP contribution in [0, 0.1) is 0 Å². The first-order chi connectivity index (χ1) is 13.6. The Labute approximate surface area is 165 Å². The molecule has 0 spiro atoms. The highest BCUT2D eigenvalue weighted by Crippen LogP contribution is 2.14. The molecule has 28 heavy (non-hydrogen) atoms. The molecule has 0 saturated heterocycles. The summed E-state index contributed by atoms with van der Waals surface area (Å²) < 4.78 is 12.7. The number of hydrogen-bond acceptors (Lipinski definition) is 6. The number of guanidine groups is 1. The zero-order valence-electron chi connectivity index (χ0n) is 17.0. The van der Waals surface area contributed by atoms with Gasteiger partial charge in [-0.25, -0.2) is 14.6 Å². The van der Waals surface area contributed by atoms with E-state index in [0.29, 0.717) is 19.0 Å². The maximum absolute atomic E-state index is 5.57. The number of fused-ring (bicyclic) bond motifs is 1. The third-order valence-corrected chi connectivity index (χ3v) is 4.35. The van der Waals surface area contributed by atoms with E-state index in [1.807, 2.05) is 36.9 Å². The molecule has 2 N–H and O–H groups in total. The second-order valence-electron chi connectivity index (χ2n) is 7.04. The Morgan fingerprint density at radius 1 is 1.39 bits per heavy atom. The van der Waals surface area contributed by atoms with Gasteiger partial charge in [-0.05, 0) is 25.8 Å². The van der Waals surface area contributed by atoms with Gasteiger partial charge >= 0.3 is 0 Å². The van der Waals surface area contributed by atoms with Crippen LogP contribution in [0.4, 0.5) is 0 Å². The summed E-state index contributed by atoms with van der Waals surface area (Å²) in [7, 11) is 3.42. The van der Waals surface area contributed by atoms with Crippen molar-refractivity contribution in [3.8, 4) is 5.88 Å². The fraction of sp³-hybridized carbons (Fsp3) is 0.579. The van der Waals surface area contributed by atoms with Gasteiger partial charge in [0.15, 0.2) is 11.8 Å². The van der Waals surface area contributed by atoms with E-state index in [1.54, 1.807) is 14.2 Å². The molecule has 0 amide bonds. The Balaban J connectivity index is 1.50. The molecule has 0 fully saturated rings. The number of aliphatic imine (C=N–C) groups is 1. The first kappa shape index (κ1) is 20.1. The molecule has 1 atom stereocenters. The van der Waals surface area contributed by atoms with Crippen molar-refractivity contribution in [3.63, 3.8) is 0 Å². The number of hydrogen-bond donors (Lipinski definition) is 2. The molecule has 1 aliphatic rings. The largest absolute Gasteiger partial charge is 0.475 e. The van der Waals surface area contributed by atoms with Crippen LogP contribution in [-0.2, 0) is 30.9 Å². The van der Waals surface area contributed by atoms with Crippen LogP contribution in [0.2, 0.25) is 0 Å². The molecule has 9 nitrogen and oxygen atoms in total. The Hall–Kier alpha value is -2.68. The average Bonchev–Trinajstić information content (AvgIpc) is 3.07. The van der Waals surface area contributed by atoms with Crippen molar-refractivity contribution in [2.75, 3.05) is 14.2 Å². The molecular weight excluding hydrogens is 358 g/mol. The second-order valence-corrected chi connectivity index (χ2v) is 7.04. The summed E-state index contributed by atoms with van der Waals surface area (Å²) in [5.41, 5.74) is 1.06. The fourth-order valence-corrected chi connectivity index (χ4v) is 3.07. The Kier molecular flexibility index (Phi) is 6.80. The number of pyridine rings is 1. The summed E-state index contributed by atoms with van der Waals surface area (Å²) >= 11 is 0. The lowest BCUT2D eigenvalue weighted by atomic mass is 10.1. The molecule has 0 aliphatic carbocycles. The fourth-order valence-electron chi connectivity index (χ4n) is 3.07. The van der Waals surface area contributed by atoms with Crippen molar-refractivity contribution < 1.29 is 9.47 Å². The maximum Gasteiger partial charge on any atom is 0.213 e. The molecule has 3 rings (SSSR count). The third-order valence-electron chi connectivity index (χ3n) is 4.35. The highest BCUT2D eigenvalue weighted by atomic mass is 16.5. The van der Waals surface area contributed by atoms with E-state index in [-0.39, 0.29) is 12.1 Å². The van der Waals surface area contributed by atoms with Gasteiger partial charge in [0.05, 0.1) is 12.6 Å². The molecular formula is C19H29N7O2. The summed E-state index contributed by atoms with van der Waals surface area (Å²) in [4.78, 5) is 13.2. The van der Waals surface area contributed by atoms with Gasteiger partial charge in [0.1, 0.15) is 12.4 Å². The molecule has 2 aromatic rings. The summed E-state index contributed by atoms with van der Waals surface area (Å²) in [6, 6.07) is 4.14. The topological polar surface area (TPSA) is 98.5 Å². The van der Waals surface area contributed by atoms with Crippen LogP contribution in [-0.4, -0.2) is 52.0 Å². The Bertz CT molecular complexity index is 786. The lowest BCUT2D eigenvalue weighted by molar-refractivity contribution is 0.177. The first-order valence-corrected chi connectivity index (χ1v) is 9.57. The number of aryl methyl sites for hydroxylation is 1. The number of rotatable bonds is 7. The standard InChI is InChI=1S/C19H29N7O2/c1-13(2)28-18-8-5-14(9-21-18)10-22-19(20-3)23-15-6-7-17-24-16(12-27-4)25-26(17)11-15/h5,8-9,13,15H,6-7,10-12H2,1-4H3,(H2,20,22,23). The van der Waals surface area contributed by atoms with Gasteiger partial charge < -0.3 is 20.1 Å². The molecule has 2 aromatic heterocycles. The van der Waals surface area contributed by atoms with Gasteiger partial charge in [0.25, 0.3) is 0 Å². The molecule has 9 heteroatoms. The summed E-state index contributed by atoms with van der Waals surface area (Å²) in [6.07, 6.45) is 3.80. The smallest absolute Gasteiger partial charge is 0.213 e. The number of nitrogens with one attached hydrogen (secondary N) is 2. The normalized spacial score (nSPS) is 16.8. The SMILES string of the molecule is CN=C(NCc1ccc(OC(C)C)nc1)NC1CCc2nc(COC)nn2C1. The quantitative estimate of drug-likeness (QED) is 0.545. The summed E-state index contributed by atoms with van der Waals surface area (Å²) in [6.45, 7) is 5.80. The van der Waals surface area contributed by atoms with Crippen molar-refractivity contribution in [2.45, 2.75) is 58.5 Å². The third kappa shape index (κ3) is 5.41. The van der Waals surface area contributed by atoms with Crippen LogP contribution in [0.5, 0.6) is 5.88 Å². The zero-order valence-corrected chi connectivity index (χ0v) is 17.0. The van der Waals surface area contributed by atoms with Gasteiger partial charge in [-0.15, -0.1) is 0 Å². The van der Waals surface area contributed by atoms with E-state index in [4.69, 9.17) is 9.47 Å². The minimum atomic E-state index is 0.117. The molecule has 3 heterocycles. The van der Waals surface area contributed by atoms with Crippen LogP contribution in [0.15, 0.2) is 23.3 Å². The average molecular weight is 387 g/mol. The van der Waals surface area contributed by atoms with E-state index in [0.717, 1.165) is 42.6 Å². The highest BCUT2D eigenvalue weighted by molar-refractivity contribution is 5.79. The molecule has 0 saturated carbocycles. The van der Waals surface area contributed by atoms with Crippen molar-refractivity contribution in [1.82, 2.24) is 30.4 Å². The van der Waals surface area contributed by atoms with Gasteiger partial charge in [0.2, 0.25) is 5.88 Å². The van der Waals surface area contributed by atoms with Crippen LogP contribution in [0.1, 0.15) is 37.5 Å². The summed E-state index contributed by atoms with van der Waals surface area (Å²) in [5.74, 6) is 3.15. The predicted molar refractivity (Wildman–Crippen MR) is 106 cm³/mol. The molecule has 1 unspecified atom stereocenters. The molecule has 1 aliphatic heterocycles. The van der Waals surface area contributed by atoms with Crippen molar-refractivity contribution in [1.29, 1.82) is 0 Å². The molecule has 152 valence electrons. The van der Waals surface area contributed by atoms with Crippen LogP contribution < -0.4 is 15.4 Å². The van der Waals surface area contributed by atoms with E-state index >= 15 is 0 Å². The Morgan fingerprint density at radius 2 is 2.25 bits per heavy atom. The number of aromatic nitrogens is 4. The van der Waals surface area contributed by atoms with Crippen molar-refractivity contribution in [3.05, 3.63) is 35.5 Å². The lowest BCUT2D eigenvalue weighted by Gasteiger charge is -2.25. The minimum Gasteiger partial charge on any atom is -0.475 e. The molecule has 0 bridgehead atoms. The first-order valence-electron chi connectivity index (χ1n) is 9.57. The second kappa shape index (κ2) is 9.50. The van der Waals surface area contributed by atoms with E-state index in [1.165, 1.54) is 0 Å². The highest BCUT2D eigenvalue weighted by Gasteiger charge is 2.22. The van der Waals surface area contributed by atoms with Gasteiger partial charge in [-0.3, -0.25) is 4.99 Å². The van der Waals surface area contributed by atoms with Crippen molar-refractivity contribution >= 4 is 5.96 Å². The van der Waals surface area contributed by atoms with E-state index < -0.39 is 0 Å². The zero-order chi connectivity index (χ0) is 19.9. The van der Waals surface area contributed by atoms with Gasteiger partial charge in [-0.2, -0.15) is 5.10 Å². The summed E-state index contributed by atoms with van der Waals surface area (Å²) in [5, 5.41) is 11.3. The Morgan fingerprint density at radius 3 is 2.93 bits per heavy atom. The van der Waals surface area contributed by atoms with Crippen molar-refractivity contribution in [2.24, 2.45) is 4.99 Å². The van der Waals surface area contributed by atoms with Gasteiger partial charge in [0, 0.05) is 45.4 Å². The maximum atomic E-state index is 5.57. The molecule has 0 aromatic carbocycles. The minimum absolute atomic E-state index is 0.117. The monoisotopic (exact) mass is 387 g/mol. The predicted octanol–water partition coefficient (Wildman–Crippen LogP) is 1.29. The lowest BCUT2D eigenvalue weighted by Crippen LogP contribution is -2.46. The number of methoxy groups -OCH3 is 1. The molecule has 0 radical (unpaired) electrons. The van der Waals surface area contributed by atoms with Crippen LogP contribution >= 0.6 is 0 Å². The van der Waals surface area contributed by atoms with Crippen LogP contribution in [0.25, 0.3) is 0 Å². The van der Waals surface area contributed by atoms with Gasteiger partial charge in [-0.1, -0.05) is 6.07 Å². The number of nitrogens with zero attached hydrogens (tertiary/aromatic N) is 5.